The Labute approximate surface area is 101 Å². The van der Waals surface area contributed by atoms with E-state index in [1.807, 2.05) is 0 Å². The van der Waals surface area contributed by atoms with Gasteiger partial charge in [0.25, 0.3) is 0 Å². The molecule has 5 nitrogen and oxygen atoms in total. The van der Waals surface area contributed by atoms with Crippen LogP contribution < -0.4 is 0 Å². The first-order valence-corrected chi connectivity index (χ1v) is 5.92. The van der Waals surface area contributed by atoms with Crippen LogP contribution in [0.4, 0.5) is 0 Å². The first-order chi connectivity index (χ1) is 7.93. The fraction of sp³-hybridized carbons (Fsp3) is 0.750. The molecule has 0 aromatic carbocycles. The van der Waals surface area contributed by atoms with E-state index in [2.05, 4.69) is 0 Å². The highest BCUT2D eigenvalue weighted by atomic mass is 16.4. The van der Waals surface area contributed by atoms with Crippen molar-refractivity contribution in [2.45, 2.75) is 45.1 Å². The van der Waals surface area contributed by atoms with Crippen LogP contribution in [-0.4, -0.2) is 40.8 Å². The maximum atomic E-state index is 11.6. The third-order valence-electron chi connectivity index (χ3n) is 3.44. The molecule has 0 bridgehead atoms. The van der Waals surface area contributed by atoms with Crippen LogP contribution in [0.25, 0.3) is 0 Å². The zero-order valence-corrected chi connectivity index (χ0v) is 10.3. The van der Waals surface area contributed by atoms with Crippen molar-refractivity contribution in [3.8, 4) is 0 Å². The summed E-state index contributed by atoms with van der Waals surface area (Å²) in [7, 11) is 1.47. The van der Waals surface area contributed by atoms with E-state index in [1.165, 1.54) is 18.9 Å². The van der Waals surface area contributed by atoms with Gasteiger partial charge >= 0.3 is 5.97 Å². The second-order valence-corrected chi connectivity index (χ2v) is 4.63. The van der Waals surface area contributed by atoms with Crippen molar-refractivity contribution in [2.24, 2.45) is 5.92 Å². The molecule has 5 heteroatoms. The van der Waals surface area contributed by atoms with Crippen molar-refractivity contribution in [2.75, 3.05) is 7.05 Å². The quantitative estimate of drug-likeness (QED) is 0.798. The van der Waals surface area contributed by atoms with Crippen molar-refractivity contribution < 1.29 is 19.5 Å². The summed E-state index contributed by atoms with van der Waals surface area (Å²) in [4.78, 5) is 35.2. The van der Waals surface area contributed by atoms with Gasteiger partial charge in [0.05, 0.1) is 0 Å². The Balaban J connectivity index is 2.69. The molecule has 1 amide bonds. The lowest BCUT2D eigenvalue weighted by atomic mass is 9.83. The number of Topliss-reactive ketones (excluding diaryl/α,β-unsaturated/α-hetero) is 1. The van der Waals surface area contributed by atoms with Crippen LogP contribution in [0.5, 0.6) is 0 Å². The standard InChI is InChI=1S/C12H19NO4/c1-8(14)13(2)10(12(16)17)7-9-5-3-4-6-11(9)15/h9-10H,3-7H2,1-2H3,(H,16,17). The first kappa shape index (κ1) is 13.7. The van der Waals surface area contributed by atoms with E-state index < -0.39 is 12.0 Å². The second-order valence-electron chi connectivity index (χ2n) is 4.63. The average Bonchev–Trinajstić information content (AvgIpc) is 2.26. The Hall–Kier alpha value is -1.39. The Kier molecular flexibility index (Phi) is 4.66. The molecule has 1 saturated carbocycles. The lowest BCUT2D eigenvalue weighted by Gasteiger charge is -2.28. The van der Waals surface area contributed by atoms with Gasteiger partial charge in [0, 0.05) is 26.3 Å². The largest absolute Gasteiger partial charge is 0.480 e. The normalized spacial score (nSPS) is 22.0. The molecule has 0 saturated heterocycles. The molecule has 2 atom stereocenters. The van der Waals surface area contributed by atoms with E-state index in [0.717, 1.165) is 19.3 Å². The Morgan fingerprint density at radius 1 is 1.47 bits per heavy atom. The fourth-order valence-corrected chi connectivity index (χ4v) is 2.22. The number of carboxylic acids is 1. The molecule has 0 aromatic rings. The van der Waals surface area contributed by atoms with Gasteiger partial charge in [-0.1, -0.05) is 6.42 Å². The number of carbonyl (C=O) groups excluding carboxylic acids is 2. The van der Waals surface area contributed by atoms with Crippen LogP contribution in [-0.2, 0) is 14.4 Å². The van der Waals surface area contributed by atoms with Crippen LogP contribution in [0.1, 0.15) is 39.0 Å². The topological polar surface area (TPSA) is 74.7 Å². The number of hydrogen-bond acceptors (Lipinski definition) is 3. The molecule has 0 radical (unpaired) electrons. The third-order valence-corrected chi connectivity index (χ3v) is 3.44. The lowest BCUT2D eigenvalue weighted by molar-refractivity contribution is -0.149. The summed E-state index contributed by atoms with van der Waals surface area (Å²) in [6, 6.07) is -0.889. The molecule has 0 spiro atoms. The molecule has 1 aliphatic rings. The van der Waals surface area contributed by atoms with E-state index in [-0.39, 0.29) is 24.0 Å². The van der Waals surface area contributed by atoms with Gasteiger partial charge in [0.1, 0.15) is 11.8 Å². The molecule has 1 rings (SSSR count). The summed E-state index contributed by atoms with van der Waals surface area (Å²) < 4.78 is 0. The molecule has 17 heavy (non-hydrogen) atoms. The second kappa shape index (κ2) is 5.80. The molecule has 0 aliphatic heterocycles. The Morgan fingerprint density at radius 2 is 2.12 bits per heavy atom. The highest BCUT2D eigenvalue weighted by Gasteiger charge is 2.31. The molecule has 0 aromatic heterocycles. The molecule has 0 heterocycles. The SMILES string of the molecule is CC(=O)N(C)C(CC1CCCCC1=O)C(=O)O. The minimum absolute atomic E-state index is 0.138. The number of carboxylic acid groups (broad SMARTS) is 1. The summed E-state index contributed by atoms with van der Waals surface area (Å²) in [6.07, 6.45) is 3.39. The van der Waals surface area contributed by atoms with Crippen molar-refractivity contribution in [1.29, 1.82) is 0 Å². The summed E-state index contributed by atoms with van der Waals surface area (Å²) in [5, 5.41) is 9.10. The number of amides is 1. The average molecular weight is 241 g/mol. The van der Waals surface area contributed by atoms with Gasteiger partial charge in [-0.15, -0.1) is 0 Å². The summed E-state index contributed by atoms with van der Waals surface area (Å²) in [6.45, 7) is 1.33. The number of nitrogens with zero attached hydrogens (tertiary/aromatic N) is 1. The summed E-state index contributed by atoms with van der Waals surface area (Å²) in [5.41, 5.74) is 0. The van der Waals surface area contributed by atoms with Crippen LogP contribution in [0.3, 0.4) is 0 Å². The number of ketones is 1. The number of likely N-dealkylation sites (N-methyl/N-ethyl adjacent to an activating group) is 1. The highest BCUT2D eigenvalue weighted by molar-refractivity contribution is 5.85. The van der Waals surface area contributed by atoms with Gasteiger partial charge in [-0.05, 0) is 19.3 Å². The Morgan fingerprint density at radius 3 is 2.59 bits per heavy atom. The molecular formula is C12H19NO4. The van der Waals surface area contributed by atoms with Crippen LogP contribution in [0.15, 0.2) is 0 Å². The fourth-order valence-electron chi connectivity index (χ4n) is 2.22. The number of hydrogen-bond donors (Lipinski definition) is 1. The molecular weight excluding hydrogens is 222 g/mol. The van der Waals surface area contributed by atoms with E-state index in [9.17, 15) is 14.4 Å². The minimum atomic E-state index is -1.04. The maximum absolute atomic E-state index is 11.6. The number of aliphatic carboxylic acids is 1. The van der Waals surface area contributed by atoms with Crippen molar-refractivity contribution in [3.05, 3.63) is 0 Å². The van der Waals surface area contributed by atoms with E-state index in [0.29, 0.717) is 6.42 Å². The van der Waals surface area contributed by atoms with Crippen molar-refractivity contribution in [3.63, 3.8) is 0 Å². The van der Waals surface area contributed by atoms with E-state index in [1.54, 1.807) is 0 Å². The highest BCUT2D eigenvalue weighted by Crippen LogP contribution is 2.25. The van der Waals surface area contributed by atoms with Gasteiger partial charge < -0.3 is 10.0 Å². The van der Waals surface area contributed by atoms with Gasteiger partial charge in [-0.3, -0.25) is 9.59 Å². The van der Waals surface area contributed by atoms with Crippen LogP contribution >= 0.6 is 0 Å². The van der Waals surface area contributed by atoms with Crippen LogP contribution in [0, 0.1) is 5.92 Å². The zero-order valence-electron chi connectivity index (χ0n) is 10.3. The van der Waals surface area contributed by atoms with E-state index >= 15 is 0 Å². The van der Waals surface area contributed by atoms with E-state index in [4.69, 9.17) is 5.11 Å². The van der Waals surface area contributed by atoms with Gasteiger partial charge in [-0.2, -0.15) is 0 Å². The smallest absolute Gasteiger partial charge is 0.326 e. The Bertz CT molecular complexity index is 326. The monoisotopic (exact) mass is 241 g/mol. The summed E-state index contributed by atoms with van der Waals surface area (Å²) in [5.74, 6) is -1.40. The third kappa shape index (κ3) is 3.54. The predicted molar refractivity (Wildman–Crippen MR) is 61.4 cm³/mol. The van der Waals surface area contributed by atoms with Gasteiger partial charge in [0.2, 0.25) is 5.91 Å². The van der Waals surface area contributed by atoms with Crippen LogP contribution in [0.2, 0.25) is 0 Å². The van der Waals surface area contributed by atoms with Crippen molar-refractivity contribution in [1.82, 2.24) is 4.90 Å². The zero-order chi connectivity index (χ0) is 13.0. The van der Waals surface area contributed by atoms with Crippen molar-refractivity contribution >= 4 is 17.7 Å². The minimum Gasteiger partial charge on any atom is -0.480 e. The molecule has 2 unspecified atom stereocenters. The molecule has 1 fully saturated rings. The summed E-state index contributed by atoms with van der Waals surface area (Å²) >= 11 is 0. The number of rotatable bonds is 4. The molecule has 1 aliphatic carbocycles. The van der Waals surface area contributed by atoms with Gasteiger partial charge in [0.15, 0.2) is 0 Å². The predicted octanol–water partition coefficient (Wildman–Crippen LogP) is 1.07. The molecule has 1 N–H and O–H groups in total. The lowest BCUT2D eigenvalue weighted by Crippen LogP contribution is -2.43. The first-order valence-electron chi connectivity index (χ1n) is 5.92. The molecule has 96 valence electrons. The number of carbonyl (C=O) groups is 3. The van der Waals surface area contributed by atoms with Gasteiger partial charge in [-0.25, -0.2) is 4.79 Å². The maximum Gasteiger partial charge on any atom is 0.326 e.